The summed E-state index contributed by atoms with van der Waals surface area (Å²) in [5.74, 6) is 0.843. The second kappa shape index (κ2) is 10.3. The van der Waals surface area contributed by atoms with Crippen LogP contribution in [-0.2, 0) is 23.9 Å². The van der Waals surface area contributed by atoms with E-state index in [1.807, 2.05) is 25.1 Å². The molecule has 0 aliphatic heterocycles. The van der Waals surface area contributed by atoms with Crippen LogP contribution in [0.2, 0.25) is 0 Å². The number of allylic oxidation sites excluding steroid dienone is 1. The van der Waals surface area contributed by atoms with E-state index in [4.69, 9.17) is 9.47 Å². The number of nitrogens with zero attached hydrogens (tertiary/aromatic N) is 1. The summed E-state index contributed by atoms with van der Waals surface area (Å²) in [6.45, 7) is 9.06. The van der Waals surface area contributed by atoms with Gasteiger partial charge in [-0.2, -0.15) is 0 Å². The molecular formula is C27H43NO5. The molecule has 6 heteroatoms. The van der Waals surface area contributed by atoms with Crippen LogP contribution in [0.3, 0.4) is 0 Å². The van der Waals surface area contributed by atoms with Crippen LogP contribution in [0.1, 0.15) is 72.6 Å². The van der Waals surface area contributed by atoms with Crippen molar-refractivity contribution in [1.82, 2.24) is 4.90 Å². The van der Waals surface area contributed by atoms with Gasteiger partial charge in [0.15, 0.2) is 0 Å². The molecule has 3 fully saturated rings. The molecule has 7 atom stereocenters. The molecule has 0 N–H and O–H groups in total. The normalized spacial score (nSPS) is 37.4. The van der Waals surface area contributed by atoms with Crippen LogP contribution in [0.15, 0.2) is 12.2 Å². The summed E-state index contributed by atoms with van der Waals surface area (Å²) in [5, 5.41) is 0. The number of ketones is 1. The Morgan fingerprint density at radius 2 is 1.88 bits per heavy atom. The lowest BCUT2D eigenvalue weighted by Crippen LogP contribution is -2.55. The summed E-state index contributed by atoms with van der Waals surface area (Å²) in [6.07, 6.45) is 10.1. The maximum atomic E-state index is 13.8. The van der Waals surface area contributed by atoms with Crippen LogP contribution in [0, 0.1) is 34.5 Å². The molecule has 0 heterocycles. The molecule has 0 saturated heterocycles. The monoisotopic (exact) mass is 461 g/mol. The summed E-state index contributed by atoms with van der Waals surface area (Å²) in [6, 6.07) is 0. The zero-order chi connectivity index (χ0) is 24.4. The first-order valence-electron chi connectivity index (χ1n) is 12.7. The largest absolute Gasteiger partial charge is 0.463 e. The number of rotatable bonds is 7. The van der Waals surface area contributed by atoms with E-state index in [1.54, 1.807) is 0 Å². The summed E-state index contributed by atoms with van der Waals surface area (Å²) >= 11 is 0. The van der Waals surface area contributed by atoms with Crippen molar-refractivity contribution in [3.05, 3.63) is 12.2 Å². The number of esters is 2. The van der Waals surface area contributed by atoms with E-state index in [9.17, 15) is 14.4 Å². The molecule has 0 bridgehead atoms. The van der Waals surface area contributed by atoms with Gasteiger partial charge in [-0.3, -0.25) is 9.59 Å². The molecule has 0 aromatic rings. The fourth-order valence-corrected chi connectivity index (χ4v) is 6.81. The van der Waals surface area contributed by atoms with Crippen molar-refractivity contribution in [1.29, 1.82) is 0 Å². The molecule has 2 unspecified atom stereocenters. The highest BCUT2D eigenvalue weighted by Gasteiger charge is 2.57. The zero-order valence-corrected chi connectivity index (χ0v) is 21.4. The predicted molar refractivity (Wildman–Crippen MR) is 127 cm³/mol. The van der Waals surface area contributed by atoms with E-state index >= 15 is 0 Å². The van der Waals surface area contributed by atoms with Gasteiger partial charge in [0.25, 0.3) is 0 Å². The molecule has 0 radical (unpaired) electrons. The van der Waals surface area contributed by atoms with Crippen molar-refractivity contribution in [2.75, 3.05) is 27.2 Å². The van der Waals surface area contributed by atoms with Crippen molar-refractivity contribution in [2.45, 2.75) is 78.7 Å². The molecule has 0 amide bonds. The third-order valence-electron chi connectivity index (χ3n) is 9.16. The molecule has 0 spiro atoms. The highest BCUT2D eigenvalue weighted by molar-refractivity contribution is 5.89. The van der Waals surface area contributed by atoms with E-state index in [0.29, 0.717) is 30.8 Å². The van der Waals surface area contributed by atoms with Gasteiger partial charge in [-0.25, -0.2) is 4.79 Å². The highest BCUT2D eigenvalue weighted by Crippen LogP contribution is 2.61. The van der Waals surface area contributed by atoms with Gasteiger partial charge in [0.1, 0.15) is 18.5 Å². The van der Waals surface area contributed by atoms with E-state index in [2.05, 4.69) is 20.8 Å². The summed E-state index contributed by atoms with van der Waals surface area (Å²) in [7, 11) is 3.88. The molecule has 33 heavy (non-hydrogen) atoms. The molecule has 3 rings (SSSR count). The summed E-state index contributed by atoms with van der Waals surface area (Å²) < 4.78 is 10.8. The van der Waals surface area contributed by atoms with Crippen LogP contribution in [0.5, 0.6) is 0 Å². The average Bonchev–Trinajstić information content (AvgIpc) is 2.74. The minimum Gasteiger partial charge on any atom is -0.463 e. The minimum absolute atomic E-state index is 0.0161. The number of hydrogen-bond acceptors (Lipinski definition) is 6. The third kappa shape index (κ3) is 5.52. The first-order chi connectivity index (χ1) is 15.5. The highest BCUT2D eigenvalue weighted by atomic mass is 16.5. The quantitative estimate of drug-likeness (QED) is 0.413. The molecule has 0 aromatic heterocycles. The Morgan fingerprint density at radius 1 is 1.15 bits per heavy atom. The van der Waals surface area contributed by atoms with Gasteiger partial charge >= 0.3 is 11.9 Å². The van der Waals surface area contributed by atoms with Crippen molar-refractivity contribution in [3.63, 3.8) is 0 Å². The fraction of sp³-hybridized carbons (Fsp3) is 0.815. The molecule has 3 aliphatic carbocycles. The van der Waals surface area contributed by atoms with Gasteiger partial charge in [0.2, 0.25) is 0 Å². The van der Waals surface area contributed by atoms with Crippen molar-refractivity contribution in [2.24, 2.45) is 34.5 Å². The number of hydrogen-bond donors (Lipinski definition) is 0. The van der Waals surface area contributed by atoms with Crippen LogP contribution in [-0.4, -0.2) is 56.0 Å². The van der Waals surface area contributed by atoms with Crippen LogP contribution < -0.4 is 0 Å². The fourth-order valence-electron chi connectivity index (χ4n) is 6.81. The number of ether oxygens (including phenoxy) is 2. The van der Waals surface area contributed by atoms with E-state index in [1.165, 1.54) is 13.0 Å². The van der Waals surface area contributed by atoms with Gasteiger partial charge in [0.05, 0.1) is 0 Å². The van der Waals surface area contributed by atoms with Gasteiger partial charge < -0.3 is 14.4 Å². The Balaban J connectivity index is 1.64. The SMILES string of the molecule is CC(=O)O[C@H]1CC[C@]2(C)C3CC[C@](C)([C@@H](C)/C=C/C(=O)OCCN(C)C)C(=O)C3CC[C@@H]2C1. The Hall–Kier alpha value is -1.69. The van der Waals surface area contributed by atoms with Crippen LogP contribution >= 0.6 is 0 Å². The minimum atomic E-state index is -0.445. The maximum absolute atomic E-state index is 13.8. The average molecular weight is 462 g/mol. The standard InChI is InChI=1S/C27H43NO5/c1-18(7-10-24(30)32-16-15-28(5)6)26(3)14-12-23-22(25(26)31)9-8-20-17-21(33-19(2)29)11-13-27(20,23)4/h7,10,18,20-23H,8-9,11-17H2,1-6H3/b10-7+/t18-,20+,21-,22?,23?,26+,27-/m0/s1. The van der Waals surface area contributed by atoms with E-state index < -0.39 is 5.41 Å². The van der Waals surface area contributed by atoms with Gasteiger partial charge in [-0.1, -0.05) is 26.8 Å². The zero-order valence-electron chi connectivity index (χ0n) is 21.4. The molecule has 6 nitrogen and oxygen atoms in total. The first-order valence-corrected chi connectivity index (χ1v) is 12.7. The Labute approximate surface area is 199 Å². The second-order valence-corrected chi connectivity index (χ2v) is 11.4. The van der Waals surface area contributed by atoms with Crippen LogP contribution in [0.25, 0.3) is 0 Å². The van der Waals surface area contributed by atoms with Crippen molar-refractivity contribution >= 4 is 17.7 Å². The lowest BCUT2D eigenvalue weighted by Gasteiger charge is -2.58. The smallest absolute Gasteiger partial charge is 0.330 e. The van der Waals surface area contributed by atoms with Crippen LogP contribution in [0.4, 0.5) is 0 Å². The predicted octanol–water partition coefficient (Wildman–Crippen LogP) is 4.42. The number of carbonyl (C=O) groups is 3. The third-order valence-corrected chi connectivity index (χ3v) is 9.16. The van der Waals surface area contributed by atoms with E-state index in [0.717, 1.165) is 44.9 Å². The Kier molecular flexibility index (Phi) is 8.08. The molecule has 3 saturated carbocycles. The number of Topliss-reactive ketones (excluding diaryl/α,β-unsaturated/α-hetero) is 1. The number of likely N-dealkylation sites (N-methyl/N-ethyl adjacent to an activating group) is 1. The summed E-state index contributed by atoms with van der Waals surface area (Å²) in [4.78, 5) is 39.3. The Bertz CT molecular complexity index is 776. The van der Waals surface area contributed by atoms with Crippen molar-refractivity contribution < 1.29 is 23.9 Å². The summed E-state index contributed by atoms with van der Waals surface area (Å²) in [5.41, 5.74) is -0.300. The first kappa shape index (κ1) is 25.9. The number of fused-ring (bicyclic) bond motifs is 3. The topological polar surface area (TPSA) is 72.9 Å². The van der Waals surface area contributed by atoms with Gasteiger partial charge in [-0.15, -0.1) is 0 Å². The lowest BCUT2D eigenvalue weighted by atomic mass is 9.46. The molecular weight excluding hydrogens is 418 g/mol. The molecule has 186 valence electrons. The second-order valence-electron chi connectivity index (χ2n) is 11.4. The van der Waals surface area contributed by atoms with Crippen molar-refractivity contribution in [3.8, 4) is 0 Å². The Morgan fingerprint density at radius 3 is 2.55 bits per heavy atom. The molecule has 0 aromatic carbocycles. The van der Waals surface area contributed by atoms with Gasteiger partial charge in [-0.05, 0) is 82.2 Å². The van der Waals surface area contributed by atoms with Gasteiger partial charge in [0, 0.05) is 30.9 Å². The number of carbonyl (C=O) groups excluding carboxylic acids is 3. The molecule has 3 aliphatic rings. The van der Waals surface area contributed by atoms with E-state index in [-0.39, 0.29) is 35.3 Å². The maximum Gasteiger partial charge on any atom is 0.330 e. The lowest BCUT2D eigenvalue weighted by molar-refractivity contribution is -0.162.